The zero-order valence-electron chi connectivity index (χ0n) is 14.2. The molecule has 0 aliphatic carbocycles. The van der Waals surface area contributed by atoms with Gasteiger partial charge in [-0.15, -0.1) is 0 Å². The maximum atomic E-state index is 13.7. The van der Waals surface area contributed by atoms with Gasteiger partial charge in [-0.25, -0.2) is 4.99 Å². The number of aliphatic imine (C=N–C) groups is 1. The number of nitrogens with zero attached hydrogens (tertiary/aromatic N) is 2. The monoisotopic (exact) mass is 356 g/mol. The van der Waals surface area contributed by atoms with Crippen LogP contribution in [0.3, 0.4) is 0 Å². The summed E-state index contributed by atoms with van der Waals surface area (Å²) in [6.07, 6.45) is -3.79. The van der Waals surface area contributed by atoms with E-state index < -0.39 is 30.6 Å². The molecule has 25 heavy (non-hydrogen) atoms. The molecule has 0 radical (unpaired) electrons. The SMILES string of the molecule is CCN(C)/C=N/c1cc(C=O)c(C2(C(F)(F)F)CC(=O)CO2)cc1C. The molecule has 1 aliphatic heterocycles. The minimum Gasteiger partial charge on any atom is -0.366 e. The van der Waals surface area contributed by atoms with Crippen LogP contribution in [0.5, 0.6) is 0 Å². The average molecular weight is 356 g/mol. The molecule has 0 amide bonds. The van der Waals surface area contributed by atoms with Crippen LogP contribution in [0.4, 0.5) is 18.9 Å². The van der Waals surface area contributed by atoms with Crippen LogP contribution in [0.25, 0.3) is 0 Å². The van der Waals surface area contributed by atoms with Crippen molar-refractivity contribution >= 4 is 24.1 Å². The van der Waals surface area contributed by atoms with Gasteiger partial charge in [-0.05, 0) is 31.5 Å². The lowest BCUT2D eigenvalue weighted by Gasteiger charge is -2.32. The predicted molar refractivity (Wildman–Crippen MR) is 86.3 cm³/mol. The molecule has 0 saturated carbocycles. The fraction of sp³-hybridized carbons (Fsp3) is 0.471. The topological polar surface area (TPSA) is 59.0 Å². The smallest absolute Gasteiger partial charge is 0.366 e. The van der Waals surface area contributed by atoms with Crippen LogP contribution in [0, 0.1) is 6.92 Å². The second-order valence-electron chi connectivity index (χ2n) is 5.99. The number of rotatable bonds is 5. The van der Waals surface area contributed by atoms with E-state index in [1.807, 2.05) is 6.92 Å². The van der Waals surface area contributed by atoms with E-state index >= 15 is 0 Å². The summed E-state index contributed by atoms with van der Waals surface area (Å²) in [6, 6.07) is 2.52. The lowest BCUT2D eigenvalue weighted by Crippen LogP contribution is -2.42. The van der Waals surface area contributed by atoms with Crippen LogP contribution in [0.15, 0.2) is 17.1 Å². The molecule has 0 bridgehead atoms. The van der Waals surface area contributed by atoms with E-state index in [0.29, 0.717) is 24.1 Å². The number of alkyl halides is 3. The third-order valence-electron chi connectivity index (χ3n) is 4.21. The molecule has 0 spiro atoms. The Morgan fingerprint density at radius 3 is 2.56 bits per heavy atom. The first-order chi connectivity index (χ1) is 11.6. The number of Topliss-reactive ketones (excluding diaryl/α,β-unsaturated/α-hetero) is 1. The number of benzene rings is 1. The molecule has 1 aromatic rings. The van der Waals surface area contributed by atoms with Gasteiger partial charge >= 0.3 is 6.18 Å². The molecule has 1 aromatic carbocycles. The van der Waals surface area contributed by atoms with Crippen molar-refractivity contribution < 1.29 is 27.5 Å². The lowest BCUT2D eigenvalue weighted by atomic mass is 9.85. The zero-order chi connectivity index (χ0) is 18.8. The Bertz CT molecular complexity index is 716. The molecule has 1 aliphatic rings. The van der Waals surface area contributed by atoms with Crippen LogP contribution in [-0.4, -0.2) is 49.7 Å². The highest BCUT2D eigenvalue weighted by molar-refractivity contribution is 5.86. The molecule has 1 fully saturated rings. The van der Waals surface area contributed by atoms with Gasteiger partial charge in [-0.1, -0.05) is 0 Å². The Morgan fingerprint density at radius 1 is 1.40 bits per heavy atom. The van der Waals surface area contributed by atoms with Gasteiger partial charge in [-0.3, -0.25) is 9.59 Å². The highest BCUT2D eigenvalue weighted by Crippen LogP contribution is 2.49. The van der Waals surface area contributed by atoms with Gasteiger partial charge in [0.1, 0.15) is 6.61 Å². The molecular formula is C17H19F3N2O3. The van der Waals surface area contributed by atoms with E-state index in [4.69, 9.17) is 4.74 Å². The van der Waals surface area contributed by atoms with Crippen molar-refractivity contribution in [3.05, 3.63) is 28.8 Å². The van der Waals surface area contributed by atoms with E-state index in [0.717, 1.165) is 0 Å². The van der Waals surface area contributed by atoms with E-state index in [2.05, 4.69) is 4.99 Å². The van der Waals surface area contributed by atoms with E-state index in [9.17, 15) is 22.8 Å². The number of carbonyl (C=O) groups is 2. The first kappa shape index (κ1) is 19.1. The Labute approximate surface area is 143 Å². The van der Waals surface area contributed by atoms with E-state index in [1.54, 1.807) is 18.9 Å². The van der Waals surface area contributed by atoms with Crippen LogP contribution in [0.2, 0.25) is 0 Å². The Morgan fingerprint density at radius 2 is 2.08 bits per heavy atom. The minimum absolute atomic E-state index is 0.191. The highest BCUT2D eigenvalue weighted by atomic mass is 19.4. The molecule has 2 rings (SSSR count). The first-order valence-corrected chi connectivity index (χ1v) is 7.71. The van der Waals surface area contributed by atoms with Crippen molar-refractivity contribution in [3.8, 4) is 0 Å². The third-order valence-corrected chi connectivity index (χ3v) is 4.21. The second kappa shape index (κ2) is 6.95. The standard InChI is InChI=1S/C17H19F3N2O3/c1-4-22(3)10-21-15-6-12(8-23)14(5-11(15)2)16(17(18,19)20)7-13(24)9-25-16/h5-6,8,10H,4,7,9H2,1-3H3/b21-10+. The van der Waals surface area contributed by atoms with Crippen molar-refractivity contribution in [1.29, 1.82) is 0 Å². The van der Waals surface area contributed by atoms with Gasteiger partial charge in [0, 0.05) is 24.7 Å². The largest absolute Gasteiger partial charge is 0.422 e. The molecule has 5 nitrogen and oxygen atoms in total. The van der Waals surface area contributed by atoms with Crippen molar-refractivity contribution in [2.75, 3.05) is 20.2 Å². The summed E-state index contributed by atoms with van der Waals surface area (Å²) < 4.78 is 46.0. The van der Waals surface area contributed by atoms with Crippen LogP contribution in [-0.2, 0) is 15.1 Å². The van der Waals surface area contributed by atoms with Crippen molar-refractivity contribution in [3.63, 3.8) is 0 Å². The minimum atomic E-state index is -4.82. The van der Waals surface area contributed by atoms with Crippen LogP contribution in [0.1, 0.15) is 34.8 Å². The Hall–Kier alpha value is -2.22. The summed E-state index contributed by atoms with van der Waals surface area (Å²) in [5.74, 6) is -0.654. The number of aldehydes is 1. The highest BCUT2D eigenvalue weighted by Gasteiger charge is 2.62. The van der Waals surface area contributed by atoms with E-state index in [-0.39, 0.29) is 11.1 Å². The maximum Gasteiger partial charge on any atom is 0.422 e. The van der Waals surface area contributed by atoms with Gasteiger partial charge < -0.3 is 9.64 Å². The maximum absolute atomic E-state index is 13.7. The Balaban J connectivity index is 2.58. The molecule has 1 saturated heterocycles. The summed E-state index contributed by atoms with van der Waals surface area (Å²) in [5.41, 5.74) is -2.49. The number of hydrogen-bond donors (Lipinski definition) is 0. The van der Waals surface area contributed by atoms with Gasteiger partial charge in [0.2, 0.25) is 0 Å². The molecule has 8 heteroatoms. The first-order valence-electron chi connectivity index (χ1n) is 7.71. The van der Waals surface area contributed by atoms with Gasteiger partial charge in [-0.2, -0.15) is 13.2 Å². The molecule has 1 atom stereocenters. The molecule has 0 N–H and O–H groups in total. The van der Waals surface area contributed by atoms with Crippen molar-refractivity contribution in [2.24, 2.45) is 4.99 Å². The normalized spacial score (nSPS) is 21.1. The number of ether oxygens (including phenoxy) is 1. The van der Waals surface area contributed by atoms with Crippen LogP contribution < -0.4 is 0 Å². The molecule has 136 valence electrons. The molecule has 1 heterocycles. The predicted octanol–water partition coefficient (Wildman–Crippen LogP) is 3.17. The Kier molecular flexibility index (Phi) is 5.31. The van der Waals surface area contributed by atoms with Crippen molar-refractivity contribution in [2.45, 2.75) is 32.0 Å². The quantitative estimate of drug-likeness (QED) is 0.462. The summed E-state index contributed by atoms with van der Waals surface area (Å²) in [5, 5.41) is 0. The van der Waals surface area contributed by atoms with E-state index in [1.165, 1.54) is 18.5 Å². The number of hydrogen-bond acceptors (Lipinski definition) is 4. The number of carbonyl (C=O) groups excluding carboxylic acids is 2. The summed E-state index contributed by atoms with van der Waals surface area (Å²) in [6.45, 7) is 3.59. The van der Waals surface area contributed by atoms with Gasteiger partial charge in [0.15, 0.2) is 17.7 Å². The van der Waals surface area contributed by atoms with Gasteiger partial charge in [0.25, 0.3) is 0 Å². The third kappa shape index (κ3) is 3.58. The van der Waals surface area contributed by atoms with Crippen LogP contribution >= 0.6 is 0 Å². The number of ketones is 1. The lowest BCUT2D eigenvalue weighted by molar-refractivity contribution is -0.269. The molecular weight excluding hydrogens is 337 g/mol. The summed E-state index contributed by atoms with van der Waals surface area (Å²) in [4.78, 5) is 28.9. The second-order valence-corrected chi connectivity index (χ2v) is 5.99. The average Bonchev–Trinajstić information content (AvgIpc) is 2.96. The van der Waals surface area contributed by atoms with Gasteiger partial charge in [0.05, 0.1) is 18.4 Å². The molecule has 0 aromatic heterocycles. The number of aryl methyl sites for hydroxylation is 1. The van der Waals surface area contributed by atoms with Crippen molar-refractivity contribution in [1.82, 2.24) is 4.90 Å². The summed E-state index contributed by atoms with van der Waals surface area (Å²) >= 11 is 0. The zero-order valence-corrected chi connectivity index (χ0v) is 14.2. The fourth-order valence-corrected chi connectivity index (χ4v) is 2.63. The molecule has 1 unspecified atom stereocenters. The summed E-state index contributed by atoms with van der Waals surface area (Å²) in [7, 11) is 1.80. The number of halogens is 3. The fourth-order valence-electron chi connectivity index (χ4n) is 2.63.